The van der Waals surface area contributed by atoms with Crippen molar-refractivity contribution in [2.24, 2.45) is 11.1 Å². The van der Waals surface area contributed by atoms with Gasteiger partial charge in [-0.05, 0) is 49.2 Å². The molecule has 0 fully saturated rings. The minimum atomic E-state index is -0.237. The molecule has 0 atom stereocenters. The van der Waals surface area contributed by atoms with Crippen molar-refractivity contribution in [3.63, 3.8) is 0 Å². The molecule has 2 N–H and O–H groups in total. The number of hydrogen-bond donors (Lipinski definition) is 1. The Morgan fingerprint density at radius 1 is 1.25 bits per heavy atom. The zero-order chi connectivity index (χ0) is 15.0. The Bertz CT molecular complexity index is 379. The lowest BCUT2D eigenvalue weighted by atomic mass is 9.93. The molecule has 0 aromatic heterocycles. The second-order valence-corrected chi connectivity index (χ2v) is 5.89. The summed E-state index contributed by atoms with van der Waals surface area (Å²) >= 11 is 0. The van der Waals surface area contributed by atoms with Gasteiger partial charge in [-0.3, -0.25) is 0 Å². The molecule has 3 nitrogen and oxygen atoms in total. The van der Waals surface area contributed by atoms with Crippen LogP contribution in [0.4, 0.5) is 4.39 Å². The molecular weight excluding hydrogens is 255 g/mol. The molecule has 0 spiro atoms. The van der Waals surface area contributed by atoms with Gasteiger partial charge in [0.15, 0.2) is 0 Å². The summed E-state index contributed by atoms with van der Waals surface area (Å²) in [6.45, 7) is 10.9. The van der Waals surface area contributed by atoms with Gasteiger partial charge < -0.3 is 15.4 Å². The van der Waals surface area contributed by atoms with Crippen LogP contribution in [0, 0.1) is 11.2 Å². The molecular formula is C16H27FN2O. The van der Waals surface area contributed by atoms with Crippen LogP contribution < -0.4 is 10.5 Å². The third-order valence-electron chi connectivity index (χ3n) is 3.35. The summed E-state index contributed by atoms with van der Waals surface area (Å²) in [5, 5.41) is 0. The van der Waals surface area contributed by atoms with E-state index in [1.807, 2.05) is 0 Å². The fourth-order valence-corrected chi connectivity index (χ4v) is 2.03. The molecule has 0 amide bonds. The SMILES string of the molecule is CCN(CCCOc1ccc(F)cc1)CC(C)(C)CN. The van der Waals surface area contributed by atoms with E-state index in [0.717, 1.165) is 31.8 Å². The topological polar surface area (TPSA) is 38.5 Å². The van der Waals surface area contributed by atoms with Gasteiger partial charge in [-0.2, -0.15) is 0 Å². The predicted octanol–water partition coefficient (Wildman–Crippen LogP) is 2.90. The highest BCUT2D eigenvalue weighted by Crippen LogP contribution is 2.15. The van der Waals surface area contributed by atoms with Crippen molar-refractivity contribution in [1.29, 1.82) is 0 Å². The summed E-state index contributed by atoms with van der Waals surface area (Å²) in [6.07, 6.45) is 0.950. The van der Waals surface area contributed by atoms with Crippen LogP contribution in [0.2, 0.25) is 0 Å². The molecule has 0 aliphatic rings. The van der Waals surface area contributed by atoms with E-state index in [9.17, 15) is 4.39 Å². The Kier molecular flexibility index (Phi) is 6.96. The molecule has 0 saturated carbocycles. The maximum atomic E-state index is 12.7. The monoisotopic (exact) mass is 282 g/mol. The van der Waals surface area contributed by atoms with Crippen molar-refractivity contribution in [2.45, 2.75) is 27.2 Å². The van der Waals surface area contributed by atoms with E-state index in [1.165, 1.54) is 12.1 Å². The first kappa shape index (κ1) is 16.9. The first-order valence-electron chi connectivity index (χ1n) is 7.27. The van der Waals surface area contributed by atoms with Crippen LogP contribution in [0.25, 0.3) is 0 Å². The van der Waals surface area contributed by atoms with Gasteiger partial charge >= 0.3 is 0 Å². The van der Waals surface area contributed by atoms with Gasteiger partial charge in [-0.25, -0.2) is 4.39 Å². The zero-order valence-corrected chi connectivity index (χ0v) is 12.9. The molecule has 0 aliphatic heterocycles. The van der Waals surface area contributed by atoms with Crippen molar-refractivity contribution in [3.05, 3.63) is 30.1 Å². The number of hydrogen-bond acceptors (Lipinski definition) is 3. The van der Waals surface area contributed by atoms with E-state index < -0.39 is 0 Å². The second kappa shape index (κ2) is 8.22. The van der Waals surface area contributed by atoms with Gasteiger partial charge in [0.2, 0.25) is 0 Å². The minimum absolute atomic E-state index is 0.147. The van der Waals surface area contributed by atoms with Gasteiger partial charge in [0, 0.05) is 13.1 Å². The molecule has 1 aromatic rings. The van der Waals surface area contributed by atoms with Gasteiger partial charge in [-0.15, -0.1) is 0 Å². The van der Waals surface area contributed by atoms with E-state index in [2.05, 4.69) is 25.7 Å². The Labute approximate surface area is 121 Å². The molecule has 0 heterocycles. The van der Waals surface area contributed by atoms with Crippen molar-refractivity contribution >= 4 is 0 Å². The normalized spacial score (nSPS) is 11.9. The smallest absolute Gasteiger partial charge is 0.123 e. The number of ether oxygens (including phenoxy) is 1. The average molecular weight is 282 g/mol. The molecule has 0 bridgehead atoms. The van der Waals surface area contributed by atoms with Crippen molar-refractivity contribution < 1.29 is 9.13 Å². The Morgan fingerprint density at radius 2 is 1.90 bits per heavy atom. The summed E-state index contributed by atoms with van der Waals surface area (Å²) in [7, 11) is 0. The highest BCUT2D eigenvalue weighted by Gasteiger charge is 2.18. The summed E-state index contributed by atoms with van der Waals surface area (Å²) in [5.74, 6) is 0.482. The predicted molar refractivity (Wildman–Crippen MR) is 81.5 cm³/mol. The highest BCUT2D eigenvalue weighted by atomic mass is 19.1. The minimum Gasteiger partial charge on any atom is -0.494 e. The summed E-state index contributed by atoms with van der Waals surface area (Å²) < 4.78 is 18.3. The largest absolute Gasteiger partial charge is 0.494 e. The van der Waals surface area contributed by atoms with Crippen molar-refractivity contribution in [1.82, 2.24) is 4.90 Å². The van der Waals surface area contributed by atoms with Crippen LogP contribution in [-0.4, -0.2) is 37.7 Å². The molecule has 114 valence electrons. The third-order valence-corrected chi connectivity index (χ3v) is 3.35. The Balaban J connectivity index is 2.26. The van der Waals surface area contributed by atoms with E-state index >= 15 is 0 Å². The van der Waals surface area contributed by atoms with Gasteiger partial charge in [0.25, 0.3) is 0 Å². The molecule has 0 unspecified atom stereocenters. The number of nitrogens with zero attached hydrogens (tertiary/aromatic N) is 1. The zero-order valence-electron chi connectivity index (χ0n) is 12.9. The Hall–Kier alpha value is -1.13. The highest BCUT2D eigenvalue weighted by molar-refractivity contribution is 5.21. The fraction of sp³-hybridized carbons (Fsp3) is 0.625. The second-order valence-electron chi connectivity index (χ2n) is 5.89. The van der Waals surface area contributed by atoms with E-state index in [4.69, 9.17) is 10.5 Å². The van der Waals surface area contributed by atoms with E-state index in [0.29, 0.717) is 13.2 Å². The average Bonchev–Trinajstić information content (AvgIpc) is 2.44. The molecule has 0 aliphatic carbocycles. The van der Waals surface area contributed by atoms with E-state index in [1.54, 1.807) is 12.1 Å². The first-order chi connectivity index (χ1) is 9.46. The quantitative estimate of drug-likeness (QED) is 0.708. The van der Waals surface area contributed by atoms with E-state index in [-0.39, 0.29) is 11.2 Å². The lowest BCUT2D eigenvalue weighted by Crippen LogP contribution is -2.39. The lowest BCUT2D eigenvalue weighted by molar-refractivity contribution is 0.176. The lowest BCUT2D eigenvalue weighted by Gasteiger charge is -2.31. The van der Waals surface area contributed by atoms with Crippen molar-refractivity contribution in [2.75, 3.05) is 32.8 Å². The molecule has 1 aromatic carbocycles. The van der Waals surface area contributed by atoms with Crippen LogP contribution in [0.15, 0.2) is 24.3 Å². The summed E-state index contributed by atoms with van der Waals surface area (Å²) in [6, 6.07) is 6.14. The third kappa shape index (κ3) is 6.35. The molecule has 0 saturated heterocycles. The van der Waals surface area contributed by atoms with Crippen LogP contribution in [0.1, 0.15) is 27.2 Å². The van der Waals surface area contributed by atoms with Crippen LogP contribution in [0.5, 0.6) is 5.75 Å². The molecule has 20 heavy (non-hydrogen) atoms. The Morgan fingerprint density at radius 3 is 2.45 bits per heavy atom. The number of rotatable bonds is 9. The molecule has 1 rings (SSSR count). The fourth-order valence-electron chi connectivity index (χ4n) is 2.03. The van der Waals surface area contributed by atoms with Gasteiger partial charge in [-0.1, -0.05) is 20.8 Å². The van der Waals surface area contributed by atoms with Crippen LogP contribution in [0.3, 0.4) is 0 Å². The van der Waals surface area contributed by atoms with Gasteiger partial charge in [0.1, 0.15) is 11.6 Å². The summed E-state index contributed by atoms with van der Waals surface area (Å²) in [5.41, 5.74) is 5.92. The maximum Gasteiger partial charge on any atom is 0.123 e. The van der Waals surface area contributed by atoms with Gasteiger partial charge in [0.05, 0.1) is 6.61 Å². The summed E-state index contributed by atoms with van der Waals surface area (Å²) in [4.78, 5) is 2.39. The number of benzene rings is 1. The first-order valence-corrected chi connectivity index (χ1v) is 7.27. The standard InChI is InChI=1S/C16H27FN2O/c1-4-19(13-16(2,3)12-18)10-5-11-20-15-8-6-14(17)7-9-15/h6-9H,4-5,10-13,18H2,1-3H3. The van der Waals surface area contributed by atoms with Crippen LogP contribution >= 0.6 is 0 Å². The molecule has 0 radical (unpaired) electrons. The number of halogens is 1. The molecule has 4 heteroatoms. The van der Waals surface area contributed by atoms with Crippen LogP contribution in [-0.2, 0) is 0 Å². The maximum absolute atomic E-state index is 12.7. The van der Waals surface area contributed by atoms with Crippen molar-refractivity contribution in [3.8, 4) is 5.75 Å². The number of nitrogens with two attached hydrogens (primary N) is 1.